The molecular weight excluding hydrogens is 440 g/mol. The maximum absolute atomic E-state index is 12.8. The van der Waals surface area contributed by atoms with Gasteiger partial charge in [0, 0.05) is 48.3 Å². The molecule has 2 aromatic heterocycles. The van der Waals surface area contributed by atoms with E-state index in [1.807, 2.05) is 6.07 Å². The number of anilines is 2. The predicted molar refractivity (Wildman–Crippen MR) is 117 cm³/mol. The number of nitrogens with zero attached hydrogens (tertiary/aromatic N) is 4. The molecule has 4 rings (SSSR count). The van der Waals surface area contributed by atoms with E-state index in [2.05, 4.69) is 37.1 Å². The number of halogens is 3. The molecule has 0 saturated carbocycles. The second-order valence-corrected chi connectivity index (χ2v) is 8.01. The van der Waals surface area contributed by atoms with Gasteiger partial charge < -0.3 is 15.0 Å². The highest BCUT2D eigenvalue weighted by molar-refractivity contribution is 6.20. The molecule has 1 aromatic carbocycles. The lowest BCUT2D eigenvalue weighted by Gasteiger charge is -2.20. The third-order valence-electron chi connectivity index (χ3n) is 5.05. The lowest BCUT2D eigenvalue weighted by Crippen LogP contribution is -2.22. The lowest BCUT2D eigenvalue weighted by molar-refractivity contribution is -0.0964. The van der Waals surface area contributed by atoms with Gasteiger partial charge >= 0.3 is 5.57 Å². The molecule has 32 heavy (non-hydrogen) atoms. The molecule has 0 aliphatic carbocycles. The highest BCUT2D eigenvalue weighted by atomic mass is 35.5. The highest BCUT2D eigenvalue weighted by Crippen LogP contribution is 2.32. The second kappa shape index (κ2) is 9.04. The number of alkyl halides is 3. The smallest absolute Gasteiger partial charge is 0.420 e. The summed E-state index contributed by atoms with van der Waals surface area (Å²) in [4.78, 5) is 19.6. The first-order chi connectivity index (χ1) is 15.3. The molecule has 10 heteroatoms. The van der Waals surface area contributed by atoms with E-state index < -0.39 is 11.5 Å². The predicted octanol–water partition coefficient (Wildman–Crippen LogP) is 4.81. The molecule has 1 N–H and O–H groups in total. The van der Waals surface area contributed by atoms with Crippen LogP contribution in [0, 0.1) is 5.92 Å². The average molecular weight is 460 g/mol. The highest BCUT2D eigenvalue weighted by Gasteiger charge is 2.27. The fourth-order valence-electron chi connectivity index (χ4n) is 3.54. The minimum atomic E-state index is -3.80. The van der Waals surface area contributed by atoms with E-state index in [4.69, 9.17) is 11.6 Å². The number of amides is 1. The van der Waals surface area contributed by atoms with Gasteiger partial charge in [0.25, 0.3) is 5.91 Å². The Morgan fingerprint density at radius 1 is 1.28 bits per heavy atom. The first-order valence-corrected chi connectivity index (χ1v) is 10.4. The van der Waals surface area contributed by atoms with Crippen LogP contribution in [0.3, 0.4) is 0 Å². The van der Waals surface area contributed by atoms with E-state index in [9.17, 15) is 13.6 Å². The molecule has 7 nitrogen and oxygen atoms in total. The van der Waals surface area contributed by atoms with E-state index in [0.29, 0.717) is 28.4 Å². The maximum atomic E-state index is 12.8. The van der Waals surface area contributed by atoms with Crippen molar-refractivity contribution in [2.45, 2.75) is 18.9 Å². The summed E-state index contributed by atoms with van der Waals surface area (Å²) in [5, 5.41) is 10.9. The van der Waals surface area contributed by atoms with Gasteiger partial charge in [0.1, 0.15) is 11.6 Å². The standard InChI is InChI=1S/C22H20ClF2N5O2/c1-14-8-10-30(13-14)20-18(19-3-2-9-27-29-19)11-15(12-26-20)21(31)28-16-4-6-17(7-5-16)32-22(23,24)25/h2-7,9,11-12,14H,8,10,13H2,1H3,(H,28,31)/t14-/m1/s1. The number of carbonyl (C=O) groups excluding carboxylic acids is 1. The zero-order valence-corrected chi connectivity index (χ0v) is 17.9. The van der Waals surface area contributed by atoms with Crippen molar-refractivity contribution < 1.29 is 18.3 Å². The van der Waals surface area contributed by atoms with Crippen LogP contribution in [0.15, 0.2) is 54.9 Å². The van der Waals surface area contributed by atoms with Crippen molar-refractivity contribution in [2.24, 2.45) is 5.92 Å². The minimum Gasteiger partial charge on any atom is -0.420 e. The summed E-state index contributed by atoms with van der Waals surface area (Å²) in [5.41, 5.74) is -1.74. The van der Waals surface area contributed by atoms with Crippen LogP contribution in [0.1, 0.15) is 23.7 Å². The number of hydrogen-bond acceptors (Lipinski definition) is 6. The van der Waals surface area contributed by atoms with Gasteiger partial charge in [-0.1, -0.05) is 6.92 Å². The number of carbonyl (C=O) groups is 1. The summed E-state index contributed by atoms with van der Waals surface area (Å²) in [6.07, 6.45) is 4.16. The van der Waals surface area contributed by atoms with E-state index in [0.717, 1.165) is 25.3 Å². The number of aromatic nitrogens is 3. The minimum absolute atomic E-state index is 0.126. The summed E-state index contributed by atoms with van der Waals surface area (Å²) in [6, 6.07) is 10.8. The molecule has 1 amide bonds. The SMILES string of the molecule is C[C@@H]1CCN(c2ncc(C(=O)Nc3ccc(OC(F)(F)Cl)cc3)cc2-c2cccnn2)C1. The Morgan fingerprint density at radius 3 is 2.69 bits per heavy atom. The van der Waals surface area contributed by atoms with Crippen LogP contribution in [-0.4, -0.2) is 39.7 Å². The van der Waals surface area contributed by atoms with Crippen LogP contribution in [0.2, 0.25) is 0 Å². The first kappa shape index (κ1) is 21.9. The summed E-state index contributed by atoms with van der Waals surface area (Å²) in [7, 11) is 0. The van der Waals surface area contributed by atoms with Crippen molar-refractivity contribution in [1.29, 1.82) is 0 Å². The van der Waals surface area contributed by atoms with Gasteiger partial charge in [0.2, 0.25) is 0 Å². The van der Waals surface area contributed by atoms with E-state index in [1.165, 1.54) is 30.5 Å². The molecular formula is C22H20ClF2N5O2. The van der Waals surface area contributed by atoms with Crippen molar-refractivity contribution in [3.05, 3.63) is 60.4 Å². The molecule has 0 unspecified atom stereocenters. The van der Waals surface area contributed by atoms with Crippen LogP contribution in [0.5, 0.6) is 5.75 Å². The molecule has 1 aliphatic rings. The van der Waals surface area contributed by atoms with Crippen molar-refractivity contribution in [3.8, 4) is 17.0 Å². The second-order valence-electron chi connectivity index (χ2n) is 7.57. The molecule has 0 spiro atoms. The Bertz CT molecular complexity index is 1090. The van der Waals surface area contributed by atoms with Crippen LogP contribution < -0.4 is 15.0 Å². The van der Waals surface area contributed by atoms with E-state index in [1.54, 1.807) is 18.3 Å². The lowest BCUT2D eigenvalue weighted by atomic mass is 10.1. The number of pyridine rings is 1. The van der Waals surface area contributed by atoms with Gasteiger partial charge in [-0.2, -0.15) is 10.2 Å². The van der Waals surface area contributed by atoms with Crippen LogP contribution in [-0.2, 0) is 0 Å². The van der Waals surface area contributed by atoms with Crippen molar-refractivity contribution >= 4 is 29.0 Å². The number of nitrogens with one attached hydrogen (secondary N) is 1. The van der Waals surface area contributed by atoms with Crippen LogP contribution >= 0.6 is 11.6 Å². The summed E-state index contributed by atoms with van der Waals surface area (Å²) in [6.45, 7) is 3.94. The fourth-order valence-corrected chi connectivity index (χ4v) is 3.63. The first-order valence-electron chi connectivity index (χ1n) is 9.99. The summed E-state index contributed by atoms with van der Waals surface area (Å²) in [5.74, 6) is 0.786. The van der Waals surface area contributed by atoms with Crippen molar-refractivity contribution in [1.82, 2.24) is 15.2 Å². The van der Waals surface area contributed by atoms with Gasteiger partial charge in [-0.25, -0.2) is 4.98 Å². The van der Waals surface area contributed by atoms with Crippen molar-refractivity contribution in [2.75, 3.05) is 23.3 Å². The normalized spacial score (nSPS) is 16.1. The molecule has 166 valence electrons. The Labute approximate surface area is 188 Å². The molecule has 3 heterocycles. The van der Waals surface area contributed by atoms with Crippen molar-refractivity contribution in [3.63, 3.8) is 0 Å². The molecule has 1 saturated heterocycles. The average Bonchev–Trinajstić information content (AvgIpc) is 3.20. The van der Waals surface area contributed by atoms with E-state index >= 15 is 0 Å². The van der Waals surface area contributed by atoms with Crippen LogP contribution in [0.25, 0.3) is 11.3 Å². The molecule has 1 aliphatic heterocycles. The van der Waals surface area contributed by atoms with Gasteiger partial charge in [0.15, 0.2) is 0 Å². The number of ether oxygens (including phenoxy) is 1. The molecule has 1 atom stereocenters. The number of hydrogen-bond donors (Lipinski definition) is 1. The summed E-state index contributed by atoms with van der Waals surface area (Å²) >= 11 is 4.76. The van der Waals surface area contributed by atoms with E-state index in [-0.39, 0.29) is 5.75 Å². The Morgan fingerprint density at radius 2 is 2.06 bits per heavy atom. The monoisotopic (exact) mass is 459 g/mol. The Balaban J connectivity index is 1.57. The zero-order valence-electron chi connectivity index (χ0n) is 17.1. The maximum Gasteiger partial charge on any atom is 0.487 e. The molecule has 3 aromatic rings. The van der Waals surface area contributed by atoms with Gasteiger partial charge in [-0.15, -0.1) is 8.78 Å². The summed E-state index contributed by atoms with van der Waals surface area (Å²) < 4.78 is 29.7. The van der Waals surface area contributed by atoms with Gasteiger partial charge in [-0.3, -0.25) is 4.79 Å². The molecule has 0 radical (unpaired) electrons. The third kappa shape index (κ3) is 5.28. The Kier molecular flexibility index (Phi) is 6.18. The largest absolute Gasteiger partial charge is 0.487 e. The fraction of sp³-hybridized carbons (Fsp3) is 0.273. The Hall–Kier alpha value is -3.33. The van der Waals surface area contributed by atoms with Crippen LogP contribution in [0.4, 0.5) is 20.3 Å². The topological polar surface area (TPSA) is 80.2 Å². The zero-order chi connectivity index (χ0) is 22.7. The van der Waals surface area contributed by atoms with Gasteiger partial charge in [-0.05, 0) is 54.8 Å². The number of benzene rings is 1. The third-order valence-corrected chi connectivity index (χ3v) is 5.12. The quantitative estimate of drug-likeness (QED) is 0.533. The molecule has 1 fully saturated rings. The molecule has 0 bridgehead atoms. The number of rotatable bonds is 6. The van der Waals surface area contributed by atoms with Gasteiger partial charge in [0.05, 0.1) is 11.3 Å².